The molecule has 2 rings (SSSR count). The van der Waals surface area contributed by atoms with Gasteiger partial charge in [0.05, 0.1) is 13.2 Å². The molecule has 0 unspecified atom stereocenters. The van der Waals surface area contributed by atoms with Crippen LogP contribution >= 0.6 is 11.6 Å². The average molecular weight is 405 g/mol. The van der Waals surface area contributed by atoms with Crippen molar-refractivity contribution in [2.75, 3.05) is 30.5 Å². The van der Waals surface area contributed by atoms with Gasteiger partial charge in [0.2, 0.25) is 5.91 Å². The summed E-state index contributed by atoms with van der Waals surface area (Å²) in [5.74, 6) is 0.644. The summed E-state index contributed by atoms with van der Waals surface area (Å²) in [5.41, 5.74) is 2.30. The molecule has 0 saturated heterocycles. The third-order valence-corrected chi connectivity index (χ3v) is 4.45. The van der Waals surface area contributed by atoms with E-state index in [9.17, 15) is 9.59 Å². The number of hydrogen-bond donors (Lipinski definition) is 1. The van der Waals surface area contributed by atoms with Crippen molar-refractivity contribution in [2.45, 2.75) is 26.7 Å². The van der Waals surface area contributed by atoms with Gasteiger partial charge in [-0.25, -0.2) is 4.79 Å². The fourth-order valence-corrected chi connectivity index (χ4v) is 2.56. The summed E-state index contributed by atoms with van der Waals surface area (Å²) in [5, 5.41) is 3.53. The average Bonchev–Trinajstić information content (AvgIpc) is 2.68. The lowest BCUT2D eigenvalue weighted by Crippen LogP contribution is -2.26. The molecule has 0 radical (unpaired) electrons. The second kappa shape index (κ2) is 10.6. The molecule has 150 valence electrons. The van der Waals surface area contributed by atoms with E-state index in [1.807, 2.05) is 19.1 Å². The minimum atomic E-state index is -0.421. The van der Waals surface area contributed by atoms with Crippen LogP contribution in [0.1, 0.15) is 25.3 Å². The minimum absolute atomic E-state index is 0.0950. The molecule has 0 bridgehead atoms. The molecular weight excluding hydrogens is 380 g/mol. The fourth-order valence-electron chi connectivity index (χ4n) is 2.45. The summed E-state index contributed by atoms with van der Waals surface area (Å²) in [6.45, 7) is 4.43. The predicted octanol–water partition coefficient (Wildman–Crippen LogP) is 5.04. The van der Waals surface area contributed by atoms with E-state index in [4.69, 9.17) is 21.1 Å². The number of anilines is 2. The Morgan fingerprint density at radius 2 is 1.86 bits per heavy atom. The van der Waals surface area contributed by atoms with Crippen LogP contribution in [0.3, 0.4) is 0 Å². The van der Waals surface area contributed by atoms with Gasteiger partial charge in [0, 0.05) is 29.9 Å². The van der Waals surface area contributed by atoms with Crippen LogP contribution in [0, 0.1) is 6.92 Å². The number of halogens is 1. The summed E-state index contributed by atoms with van der Waals surface area (Å²) in [6, 6.07) is 12.5. The Labute approximate surface area is 170 Å². The molecule has 7 heteroatoms. The van der Waals surface area contributed by atoms with E-state index in [1.54, 1.807) is 44.3 Å². The van der Waals surface area contributed by atoms with Crippen LogP contribution in [-0.4, -0.2) is 32.3 Å². The smallest absolute Gasteiger partial charge is 0.413 e. The number of carbonyl (C=O) groups is 2. The first-order chi connectivity index (χ1) is 13.4. The van der Waals surface area contributed by atoms with Gasteiger partial charge in [-0.05, 0) is 68.3 Å². The standard InChI is InChI=1S/C21H25ClN2O4/c1-4-27-21(26)24(3)17-9-7-16(8-10-17)23-20(25)6-5-13-28-18-11-12-19(22)15(2)14-18/h7-12,14H,4-6,13H2,1-3H3,(H,23,25). The SMILES string of the molecule is CCOC(=O)N(C)c1ccc(NC(=O)CCCOc2ccc(Cl)c(C)c2)cc1. The van der Waals surface area contributed by atoms with Crippen molar-refractivity contribution in [3.8, 4) is 5.75 Å². The molecule has 1 N–H and O–H groups in total. The summed E-state index contributed by atoms with van der Waals surface area (Å²) in [6.07, 6.45) is 0.518. The second-order valence-corrected chi connectivity index (χ2v) is 6.62. The molecule has 6 nitrogen and oxygen atoms in total. The molecule has 0 atom stereocenters. The first-order valence-corrected chi connectivity index (χ1v) is 9.48. The lowest BCUT2D eigenvalue weighted by Gasteiger charge is -2.17. The molecule has 2 aromatic carbocycles. The van der Waals surface area contributed by atoms with Crippen LogP contribution in [0.25, 0.3) is 0 Å². The van der Waals surface area contributed by atoms with E-state index in [-0.39, 0.29) is 5.91 Å². The van der Waals surface area contributed by atoms with Gasteiger partial charge in [-0.3, -0.25) is 9.69 Å². The summed E-state index contributed by atoms with van der Waals surface area (Å²) in [4.78, 5) is 25.2. The Balaban J connectivity index is 1.75. The Morgan fingerprint density at radius 1 is 1.14 bits per heavy atom. The van der Waals surface area contributed by atoms with Crippen LogP contribution in [0.15, 0.2) is 42.5 Å². The van der Waals surface area contributed by atoms with E-state index >= 15 is 0 Å². The van der Waals surface area contributed by atoms with Gasteiger partial charge in [0.1, 0.15) is 5.75 Å². The van der Waals surface area contributed by atoms with Crippen molar-refractivity contribution in [3.05, 3.63) is 53.1 Å². The maximum absolute atomic E-state index is 12.1. The molecule has 0 aliphatic rings. The van der Waals surface area contributed by atoms with E-state index in [2.05, 4.69) is 5.32 Å². The predicted molar refractivity (Wildman–Crippen MR) is 111 cm³/mol. The van der Waals surface area contributed by atoms with E-state index in [1.165, 1.54) is 4.90 Å². The molecule has 0 aliphatic carbocycles. The molecule has 0 aliphatic heterocycles. The van der Waals surface area contributed by atoms with Crippen molar-refractivity contribution in [1.29, 1.82) is 0 Å². The number of carbonyl (C=O) groups excluding carboxylic acids is 2. The number of nitrogens with one attached hydrogen (secondary N) is 1. The van der Waals surface area contributed by atoms with Gasteiger partial charge < -0.3 is 14.8 Å². The minimum Gasteiger partial charge on any atom is -0.494 e. The topological polar surface area (TPSA) is 67.9 Å². The molecule has 0 saturated carbocycles. The van der Waals surface area contributed by atoms with Crippen molar-refractivity contribution in [1.82, 2.24) is 0 Å². The van der Waals surface area contributed by atoms with Crippen LogP contribution in [0.5, 0.6) is 5.75 Å². The fraction of sp³-hybridized carbons (Fsp3) is 0.333. The molecule has 0 fully saturated rings. The van der Waals surface area contributed by atoms with Gasteiger partial charge >= 0.3 is 6.09 Å². The van der Waals surface area contributed by atoms with Crippen LogP contribution in [0.4, 0.5) is 16.2 Å². The molecule has 2 aromatic rings. The highest BCUT2D eigenvalue weighted by molar-refractivity contribution is 6.31. The number of hydrogen-bond acceptors (Lipinski definition) is 4. The number of amides is 2. The molecule has 0 heterocycles. The summed E-state index contributed by atoms with van der Waals surface area (Å²) < 4.78 is 10.6. The molecule has 0 spiro atoms. The van der Waals surface area contributed by atoms with Gasteiger partial charge in [0.15, 0.2) is 0 Å². The quantitative estimate of drug-likeness (QED) is 0.626. The molecule has 2 amide bonds. The van der Waals surface area contributed by atoms with Crippen LogP contribution in [0.2, 0.25) is 5.02 Å². The summed E-state index contributed by atoms with van der Waals surface area (Å²) in [7, 11) is 1.63. The van der Waals surface area contributed by atoms with Crippen molar-refractivity contribution < 1.29 is 19.1 Å². The van der Waals surface area contributed by atoms with Gasteiger partial charge in [-0.2, -0.15) is 0 Å². The zero-order chi connectivity index (χ0) is 20.5. The highest BCUT2D eigenvalue weighted by atomic mass is 35.5. The first kappa shape index (κ1) is 21.6. The maximum atomic E-state index is 12.1. The number of ether oxygens (including phenoxy) is 2. The number of aryl methyl sites for hydroxylation is 1. The zero-order valence-corrected chi connectivity index (χ0v) is 17.1. The van der Waals surface area contributed by atoms with Gasteiger partial charge in [-0.1, -0.05) is 11.6 Å². The van der Waals surface area contributed by atoms with Crippen molar-refractivity contribution >= 4 is 35.0 Å². The van der Waals surface area contributed by atoms with E-state index < -0.39 is 6.09 Å². The number of benzene rings is 2. The largest absolute Gasteiger partial charge is 0.494 e. The van der Waals surface area contributed by atoms with Gasteiger partial charge in [0.25, 0.3) is 0 Å². The molecular formula is C21H25ClN2O4. The number of nitrogens with zero attached hydrogens (tertiary/aromatic N) is 1. The van der Waals surface area contributed by atoms with E-state index in [0.717, 1.165) is 11.3 Å². The van der Waals surface area contributed by atoms with Crippen molar-refractivity contribution in [3.63, 3.8) is 0 Å². The monoisotopic (exact) mass is 404 g/mol. The van der Waals surface area contributed by atoms with Crippen LogP contribution < -0.4 is 15.0 Å². The van der Waals surface area contributed by atoms with E-state index in [0.29, 0.717) is 42.5 Å². The highest BCUT2D eigenvalue weighted by Gasteiger charge is 2.11. The zero-order valence-electron chi connectivity index (χ0n) is 16.3. The van der Waals surface area contributed by atoms with Crippen molar-refractivity contribution in [2.24, 2.45) is 0 Å². The maximum Gasteiger partial charge on any atom is 0.413 e. The lowest BCUT2D eigenvalue weighted by atomic mass is 10.2. The van der Waals surface area contributed by atoms with Gasteiger partial charge in [-0.15, -0.1) is 0 Å². The number of rotatable bonds is 8. The molecule has 28 heavy (non-hydrogen) atoms. The second-order valence-electron chi connectivity index (χ2n) is 6.22. The molecule has 0 aromatic heterocycles. The van der Waals surface area contributed by atoms with Crippen LogP contribution in [-0.2, 0) is 9.53 Å². The Kier molecular flexibility index (Phi) is 8.14. The normalized spacial score (nSPS) is 10.3. The highest BCUT2D eigenvalue weighted by Crippen LogP contribution is 2.21. The lowest BCUT2D eigenvalue weighted by molar-refractivity contribution is -0.116. The first-order valence-electron chi connectivity index (χ1n) is 9.10. The Hall–Kier alpha value is -2.73. The third-order valence-electron chi connectivity index (χ3n) is 4.03. The Bertz CT molecular complexity index is 809. The third kappa shape index (κ3) is 6.46. The summed E-state index contributed by atoms with van der Waals surface area (Å²) >= 11 is 5.98. The Morgan fingerprint density at radius 3 is 2.50 bits per heavy atom.